The molecule has 3 heterocycles. The van der Waals surface area contributed by atoms with Crippen molar-refractivity contribution in [3.63, 3.8) is 0 Å². The lowest BCUT2D eigenvalue weighted by molar-refractivity contribution is -0.119. The van der Waals surface area contributed by atoms with E-state index in [0.29, 0.717) is 29.8 Å². The first kappa shape index (κ1) is 20.2. The molecule has 9 heteroatoms. The third-order valence-corrected chi connectivity index (χ3v) is 5.57. The number of ether oxygens (including phenoxy) is 2. The monoisotopic (exact) mass is 425 g/mol. The van der Waals surface area contributed by atoms with Crippen LogP contribution in [0.5, 0.6) is 11.5 Å². The van der Waals surface area contributed by atoms with Crippen LogP contribution in [0, 0.1) is 13.8 Å². The highest BCUT2D eigenvalue weighted by Gasteiger charge is 2.16. The summed E-state index contributed by atoms with van der Waals surface area (Å²) in [6.45, 7) is 6.94. The predicted octanol–water partition coefficient (Wildman–Crippen LogP) is 3.02. The van der Waals surface area contributed by atoms with Gasteiger partial charge in [0.25, 0.3) is 0 Å². The van der Waals surface area contributed by atoms with Crippen LogP contribution in [-0.4, -0.2) is 44.9 Å². The van der Waals surface area contributed by atoms with Crippen LogP contribution in [0.2, 0.25) is 0 Å². The van der Waals surface area contributed by atoms with Crippen molar-refractivity contribution in [1.82, 2.24) is 25.3 Å². The first-order valence-electron chi connectivity index (χ1n) is 9.68. The van der Waals surface area contributed by atoms with Gasteiger partial charge in [0.2, 0.25) is 5.91 Å². The van der Waals surface area contributed by atoms with Crippen molar-refractivity contribution in [2.45, 2.75) is 31.8 Å². The van der Waals surface area contributed by atoms with Crippen molar-refractivity contribution in [2.24, 2.45) is 0 Å². The van der Waals surface area contributed by atoms with Crippen molar-refractivity contribution in [3.05, 3.63) is 53.3 Å². The predicted molar refractivity (Wildman–Crippen MR) is 113 cm³/mol. The number of thioether (sulfide) groups is 1. The van der Waals surface area contributed by atoms with E-state index in [1.807, 2.05) is 57.2 Å². The van der Waals surface area contributed by atoms with Crippen molar-refractivity contribution in [2.75, 3.05) is 19.0 Å². The summed E-state index contributed by atoms with van der Waals surface area (Å²) < 4.78 is 12.9. The Balaban J connectivity index is 1.32. The Morgan fingerprint density at radius 3 is 2.63 bits per heavy atom. The van der Waals surface area contributed by atoms with E-state index in [1.54, 1.807) is 4.68 Å². The van der Waals surface area contributed by atoms with Crippen LogP contribution in [0.25, 0.3) is 5.82 Å². The topological polar surface area (TPSA) is 91.2 Å². The summed E-state index contributed by atoms with van der Waals surface area (Å²) in [6, 6.07) is 11.3. The number of hydrogen-bond acceptors (Lipinski definition) is 7. The third kappa shape index (κ3) is 4.56. The fraction of sp³-hybridized carbons (Fsp3) is 0.333. The van der Waals surface area contributed by atoms with Crippen molar-refractivity contribution in [3.8, 4) is 17.3 Å². The van der Waals surface area contributed by atoms with E-state index in [-0.39, 0.29) is 17.7 Å². The number of amides is 1. The van der Waals surface area contributed by atoms with Gasteiger partial charge in [0.1, 0.15) is 18.2 Å². The molecule has 1 amide bonds. The van der Waals surface area contributed by atoms with Crippen LogP contribution >= 0.6 is 11.8 Å². The number of fused-ring (bicyclic) bond motifs is 1. The van der Waals surface area contributed by atoms with Crippen LogP contribution in [0.3, 0.4) is 0 Å². The second-order valence-corrected chi connectivity index (χ2v) is 8.05. The SMILES string of the molecule is Cc1cc(C)n(-c2ccc(SCC(=O)NC(C)c3ccc4c(c3)OCCO4)nn2)n1. The molecule has 3 aromatic rings. The molecule has 1 aliphatic rings. The Kier molecular flexibility index (Phi) is 5.89. The second kappa shape index (κ2) is 8.74. The minimum atomic E-state index is -0.145. The first-order valence-corrected chi connectivity index (χ1v) is 10.7. The highest BCUT2D eigenvalue weighted by Crippen LogP contribution is 2.32. The fourth-order valence-electron chi connectivity index (χ4n) is 3.20. The van der Waals surface area contributed by atoms with Crippen LogP contribution in [0.15, 0.2) is 41.4 Å². The van der Waals surface area contributed by atoms with Gasteiger partial charge in [0.15, 0.2) is 17.3 Å². The minimum absolute atomic E-state index is 0.0770. The van der Waals surface area contributed by atoms with Gasteiger partial charge in [-0.1, -0.05) is 17.8 Å². The van der Waals surface area contributed by atoms with E-state index in [4.69, 9.17) is 9.47 Å². The van der Waals surface area contributed by atoms with Crippen molar-refractivity contribution >= 4 is 17.7 Å². The molecule has 0 fully saturated rings. The van der Waals surface area contributed by atoms with Crippen LogP contribution in [0.4, 0.5) is 0 Å². The summed E-state index contributed by atoms with van der Waals surface area (Å²) in [6.07, 6.45) is 0. The minimum Gasteiger partial charge on any atom is -0.486 e. The Hall–Kier alpha value is -3.07. The quantitative estimate of drug-likeness (QED) is 0.607. The van der Waals surface area contributed by atoms with E-state index >= 15 is 0 Å². The molecule has 1 aliphatic heterocycles. The molecule has 1 atom stereocenters. The standard InChI is InChI=1S/C21H23N5O3S/c1-13-10-14(2)26(25-13)19-6-7-21(24-23-19)30-12-20(27)22-15(3)16-4-5-17-18(11-16)29-9-8-28-17/h4-7,10-11,15H,8-9,12H2,1-3H3,(H,22,27). The lowest BCUT2D eigenvalue weighted by Crippen LogP contribution is -2.28. The highest BCUT2D eigenvalue weighted by atomic mass is 32.2. The molecule has 4 rings (SSSR count). The molecule has 30 heavy (non-hydrogen) atoms. The fourth-order valence-corrected chi connectivity index (χ4v) is 3.82. The lowest BCUT2D eigenvalue weighted by Gasteiger charge is -2.21. The molecule has 156 valence electrons. The number of carbonyl (C=O) groups is 1. The van der Waals surface area contributed by atoms with E-state index in [0.717, 1.165) is 22.7 Å². The van der Waals surface area contributed by atoms with Gasteiger partial charge in [0.05, 0.1) is 17.5 Å². The summed E-state index contributed by atoms with van der Waals surface area (Å²) in [4.78, 5) is 12.4. The van der Waals surface area contributed by atoms with Gasteiger partial charge in [-0.15, -0.1) is 10.2 Å². The summed E-state index contributed by atoms with van der Waals surface area (Å²) in [5.41, 5.74) is 2.89. The van der Waals surface area contributed by atoms with Gasteiger partial charge < -0.3 is 14.8 Å². The Morgan fingerprint density at radius 1 is 1.13 bits per heavy atom. The number of carbonyl (C=O) groups excluding carboxylic acids is 1. The summed E-state index contributed by atoms with van der Waals surface area (Å²) in [7, 11) is 0. The maximum absolute atomic E-state index is 12.4. The molecule has 1 unspecified atom stereocenters. The lowest BCUT2D eigenvalue weighted by atomic mass is 10.1. The van der Waals surface area contributed by atoms with Gasteiger partial charge in [-0.2, -0.15) is 5.10 Å². The van der Waals surface area contributed by atoms with Crippen molar-refractivity contribution < 1.29 is 14.3 Å². The average Bonchev–Trinajstić information content (AvgIpc) is 3.10. The summed E-state index contributed by atoms with van der Waals surface area (Å²) in [5.74, 6) is 2.28. The Morgan fingerprint density at radius 2 is 1.93 bits per heavy atom. The van der Waals surface area contributed by atoms with Gasteiger partial charge in [0, 0.05) is 5.69 Å². The molecule has 0 aliphatic carbocycles. The van der Waals surface area contributed by atoms with Crippen LogP contribution < -0.4 is 14.8 Å². The number of nitrogens with one attached hydrogen (secondary N) is 1. The third-order valence-electron chi connectivity index (χ3n) is 4.65. The van der Waals surface area contributed by atoms with Gasteiger partial charge in [-0.25, -0.2) is 4.68 Å². The normalized spacial score (nSPS) is 13.7. The van der Waals surface area contributed by atoms with Gasteiger partial charge in [-0.3, -0.25) is 4.79 Å². The molecule has 2 aromatic heterocycles. The van der Waals surface area contributed by atoms with E-state index in [2.05, 4.69) is 20.6 Å². The maximum atomic E-state index is 12.4. The molecule has 0 spiro atoms. The molecule has 8 nitrogen and oxygen atoms in total. The van der Waals surface area contributed by atoms with E-state index in [1.165, 1.54) is 11.8 Å². The number of aromatic nitrogens is 4. The van der Waals surface area contributed by atoms with Crippen LogP contribution in [0.1, 0.15) is 29.9 Å². The average molecular weight is 426 g/mol. The zero-order valence-electron chi connectivity index (χ0n) is 17.1. The van der Waals surface area contributed by atoms with Crippen LogP contribution in [-0.2, 0) is 4.79 Å². The van der Waals surface area contributed by atoms with E-state index < -0.39 is 0 Å². The Bertz CT molecular complexity index is 1050. The molecule has 1 N–H and O–H groups in total. The number of hydrogen-bond donors (Lipinski definition) is 1. The number of benzene rings is 1. The first-order chi connectivity index (χ1) is 14.5. The number of aryl methyl sites for hydroxylation is 2. The molecule has 1 aromatic carbocycles. The van der Waals surface area contributed by atoms with Gasteiger partial charge >= 0.3 is 0 Å². The smallest absolute Gasteiger partial charge is 0.230 e. The Labute approximate surface area is 179 Å². The molecular weight excluding hydrogens is 402 g/mol. The summed E-state index contributed by atoms with van der Waals surface area (Å²) in [5, 5.41) is 16.5. The molecule has 0 saturated carbocycles. The zero-order valence-corrected chi connectivity index (χ0v) is 17.9. The molecular formula is C21H23N5O3S. The molecule has 0 bridgehead atoms. The largest absolute Gasteiger partial charge is 0.486 e. The summed E-state index contributed by atoms with van der Waals surface area (Å²) >= 11 is 1.34. The number of rotatable bonds is 6. The van der Waals surface area contributed by atoms with E-state index in [9.17, 15) is 4.79 Å². The maximum Gasteiger partial charge on any atom is 0.230 e. The molecule has 0 saturated heterocycles. The zero-order chi connectivity index (χ0) is 21.1. The molecule has 0 radical (unpaired) electrons. The van der Waals surface area contributed by atoms with Crippen molar-refractivity contribution in [1.29, 1.82) is 0 Å². The van der Waals surface area contributed by atoms with Gasteiger partial charge in [-0.05, 0) is 56.7 Å². The second-order valence-electron chi connectivity index (χ2n) is 7.05. The number of nitrogens with zero attached hydrogens (tertiary/aromatic N) is 4. The highest BCUT2D eigenvalue weighted by molar-refractivity contribution is 7.99.